The molecule has 0 fully saturated rings. The molecule has 0 aliphatic carbocycles. The van der Waals surface area contributed by atoms with Gasteiger partial charge in [0.15, 0.2) is 0 Å². The van der Waals surface area contributed by atoms with Crippen LogP contribution in [0.5, 0.6) is 0 Å². The van der Waals surface area contributed by atoms with Gasteiger partial charge >= 0.3 is 12.1 Å². The van der Waals surface area contributed by atoms with Crippen LogP contribution >= 0.6 is 11.6 Å². The van der Waals surface area contributed by atoms with E-state index in [4.69, 9.17) is 21.2 Å². The molecule has 1 aromatic heterocycles. The lowest BCUT2D eigenvalue weighted by Crippen LogP contribution is -2.25. The third-order valence-electron chi connectivity index (χ3n) is 5.58. The van der Waals surface area contributed by atoms with Crippen molar-refractivity contribution in [1.29, 1.82) is 0 Å². The maximum absolute atomic E-state index is 14.0. The molecule has 36 heavy (non-hydrogen) atoms. The zero-order valence-electron chi connectivity index (χ0n) is 19.3. The van der Waals surface area contributed by atoms with Crippen molar-refractivity contribution in [3.05, 3.63) is 82.4 Å². The minimum Gasteiger partial charge on any atom is -0.480 e. The van der Waals surface area contributed by atoms with Crippen LogP contribution in [0.1, 0.15) is 16.7 Å². The summed E-state index contributed by atoms with van der Waals surface area (Å²) in [5, 5.41) is 13.3. The number of nitrogens with zero attached hydrogens (tertiary/aromatic N) is 3. The number of aromatic nitrogens is 2. The summed E-state index contributed by atoms with van der Waals surface area (Å²) < 4.78 is 47.2. The van der Waals surface area contributed by atoms with Crippen LogP contribution in [0.15, 0.2) is 65.2 Å². The van der Waals surface area contributed by atoms with Crippen molar-refractivity contribution in [3.8, 4) is 34.0 Å². The molecule has 1 heterocycles. The maximum Gasteiger partial charge on any atom is 0.417 e. The molecule has 0 unspecified atom stereocenters. The molecule has 0 radical (unpaired) electrons. The molecule has 3 aromatic carbocycles. The average Bonchev–Trinajstić information content (AvgIpc) is 3.30. The molecule has 0 aliphatic rings. The van der Waals surface area contributed by atoms with Crippen molar-refractivity contribution in [2.45, 2.75) is 19.6 Å². The zero-order chi connectivity index (χ0) is 26.0. The van der Waals surface area contributed by atoms with Crippen LogP contribution < -0.4 is 0 Å². The number of aryl methyl sites for hydroxylation is 1. The highest BCUT2D eigenvalue weighted by molar-refractivity contribution is 6.31. The predicted molar refractivity (Wildman–Crippen MR) is 129 cm³/mol. The molecule has 186 valence electrons. The van der Waals surface area contributed by atoms with E-state index < -0.39 is 17.7 Å². The van der Waals surface area contributed by atoms with Gasteiger partial charge in [0, 0.05) is 22.7 Å². The molecule has 0 spiro atoms. The van der Waals surface area contributed by atoms with Crippen LogP contribution in [0.4, 0.5) is 13.2 Å². The second-order valence-corrected chi connectivity index (χ2v) is 8.78. The average molecular weight is 516 g/mol. The first-order valence-electron chi connectivity index (χ1n) is 10.8. The lowest BCUT2D eigenvalue weighted by atomic mass is 9.94. The topological polar surface area (TPSA) is 79.5 Å². The fourth-order valence-corrected chi connectivity index (χ4v) is 4.07. The summed E-state index contributed by atoms with van der Waals surface area (Å²) in [5.74, 6) is -0.870. The summed E-state index contributed by atoms with van der Waals surface area (Å²) in [5.41, 5.74) is 1.79. The van der Waals surface area contributed by atoms with Gasteiger partial charge < -0.3 is 9.63 Å². The summed E-state index contributed by atoms with van der Waals surface area (Å²) in [6.07, 6.45) is -4.59. The first-order chi connectivity index (χ1) is 17.0. The Kier molecular flexibility index (Phi) is 7.14. The fourth-order valence-electron chi connectivity index (χ4n) is 3.89. The molecule has 0 atom stereocenters. The number of carboxylic acids is 1. The van der Waals surface area contributed by atoms with Crippen molar-refractivity contribution >= 4 is 17.6 Å². The molecule has 1 N–H and O–H groups in total. The molecule has 0 saturated carbocycles. The Hall–Kier alpha value is -3.69. The largest absolute Gasteiger partial charge is 0.480 e. The van der Waals surface area contributed by atoms with E-state index in [0.717, 1.165) is 11.6 Å². The molecule has 0 aliphatic heterocycles. The first-order valence-corrected chi connectivity index (χ1v) is 11.2. The smallest absolute Gasteiger partial charge is 0.417 e. The molecular weight excluding hydrogens is 495 g/mol. The summed E-state index contributed by atoms with van der Waals surface area (Å²) in [4.78, 5) is 16.8. The number of carboxylic acid groups (broad SMARTS) is 1. The van der Waals surface area contributed by atoms with Crippen LogP contribution in [0.25, 0.3) is 34.0 Å². The monoisotopic (exact) mass is 515 g/mol. The minimum atomic E-state index is -4.59. The maximum atomic E-state index is 14.0. The lowest BCUT2D eigenvalue weighted by Gasteiger charge is -2.15. The van der Waals surface area contributed by atoms with E-state index in [1.807, 2.05) is 0 Å². The standard InChI is InChI=1S/C26H21ClF3N3O3/c1-15-5-3-4-6-19(15)20-9-7-17(12-21(20)26(28,29)30)25-31-24(32-36-25)16-8-10-22(27)18(11-16)13-33(2)14-23(34)35/h3-12H,13-14H2,1-2H3,(H,34,35). The Morgan fingerprint density at radius 1 is 1.06 bits per heavy atom. The van der Waals surface area contributed by atoms with Crippen LogP contribution in [0.3, 0.4) is 0 Å². The fraction of sp³-hybridized carbons (Fsp3) is 0.192. The Balaban J connectivity index is 1.68. The number of hydrogen-bond donors (Lipinski definition) is 1. The third kappa shape index (κ3) is 5.58. The highest BCUT2D eigenvalue weighted by Crippen LogP contribution is 2.40. The van der Waals surface area contributed by atoms with Gasteiger partial charge in [-0.1, -0.05) is 47.1 Å². The summed E-state index contributed by atoms with van der Waals surface area (Å²) in [7, 11) is 1.64. The van der Waals surface area contributed by atoms with E-state index in [0.29, 0.717) is 21.7 Å². The number of hydrogen-bond acceptors (Lipinski definition) is 5. The quantitative estimate of drug-likeness (QED) is 0.300. The van der Waals surface area contributed by atoms with Gasteiger partial charge in [-0.2, -0.15) is 18.2 Å². The summed E-state index contributed by atoms with van der Waals surface area (Å²) in [6.45, 7) is 1.85. The van der Waals surface area contributed by atoms with Crippen molar-refractivity contribution in [1.82, 2.24) is 15.0 Å². The van der Waals surface area contributed by atoms with Crippen molar-refractivity contribution in [2.75, 3.05) is 13.6 Å². The Morgan fingerprint density at radius 2 is 1.78 bits per heavy atom. The molecule has 0 amide bonds. The van der Waals surface area contributed by atoms with Gasteiger partial charge in [-0.05, 0) is 66.6 Å². The number of benzene rings is 3. The van der Waals surface area contributed by atoms with E-state index in [1.54, 1.807) is 61.3 Å². The number of halogens is 4. The highest BCUT2D eigenvalue weighted by atomic mass is 35.5. The lowest BCUT2D eigenvalue weighted by molar-refractivity contribution is -0.138. The number of rotatable bonds is 7. The first kappa shape index (κ1) is 25.4. The molecule has 4 rings (SSSR count). The van der Waals surface area contributed by atoms with Crippen molar-refractivity contribution in [3.63, 3.8) is 0 Å². The molecular formula is C26H21ClF3N3O3. The number of alkyl halides is 3. The summed E-state index contributed by atoms with van der Waals surface area (Å²) in [6, 6.07) is 15.8. The van der Waals surface area contributed by atoms with Gasteiger partial charge in [-0.15, -0.1) is 0 Å². The summed E-state index contributed by atoms with van der Waals surface area (Å²) >= 11 is 6.26. The van der Waals surface area contributed by atoms with Gasteiger partial charge in [0.2, 0.25) is 5.82 Å². The Labute approximate surface area is 209 Å². The highest BCUT2D eigenvalue weighted by Gasteiger charge is 2.34. The van der Waals surface area contributed by atoms with Crippen molar-refractivity contribution in [2.24, 2.45) is 0 Å². The van der Waals surface area contributed by atoms with Gasteiger partial charge in [0.05, 0.1) is 12.1 Å². The second-order valence-electron chi connectivity index (χ2n) is 8.37. The van der Waals surface area contributed by atoms with E-state index in [-0.39, 0.29) is 35.9 Å². The predicted octanol–water partition coefficient (Wildman–Crippen LogP) is 6.57. The molecule has 10 heteroatoms. The Bertz CT molecular complexity index is 1420. The molecule has 4 aromatic rings. The van der Waals surface area contributed by atoms with E-state index in [2.05, 4.69) is 10.1 Å². The number of likely N-dealkylation sites (N-methyl/N-ethyl adjacent to an activating group) is 1. The van der Waals surface area contributed by atoms with Crippen molar-refractivity contribution < 1.29 is 27.6 Å². The van der Waals surface area contributed by atoms with Gasteiger partial charge in [-0.25, -0.2) is 0 Å². The molecule has 0 bridgehead atoms. The van der Waals surface area contributed by atoms with Crippen LogP contribution in [-0.4, -0.2) is 39.7 Å². The Morgan fingerprint density at radius 3 is 2.47 bits per heavy atom. The second kappa shape index (κ2) is 10.1. The van der Waals surface area contributed by atoms with Crippen LogP contribution in [0.2, 0.25) is 5.02 Å². The SMILES string of the molecule is Cc1ccccc1-c1ccc(-c2nc(-c3ccc(Cl)c(CN(C)CC(=O)O)c3)no2)cc1C(F)(F)F. The minimum absolute atomic E-state index is 0.0636. The van der Waals surface area contributed by atoms with Gasteiger partial charge in [0.25, 0.3) is 5.89 Å². The third-order valence-corrected chi connectivity index (χ3v) is 5.95. The van der Waals surface area contributed by atoms with Crippen LogP contribution in [-0.2, 0) is 17.5 Å². The van der Waals surface area contributed by atoms with Crippen LogP contribution in [0, 0.1) is 6.92 Å². The number of carbonyl (C=O) groups is 1. The van der Waals surface area contributed by atoms with Gasteiger partial charge in [0.1, 0.15) is 0 Å². The van der Waals surface area contributed by atoms with E-state index in [1.165, 1.54) is 12.1 Å². The number of aliphatic carboxylic acids is 1. The van der Waals surface area contributed by atoms with Gasteiger partial charge in [-0.3, -0.25) is 9.69 Å². The zero-order valence-corrected chi connectivity index (χ0v) is 20.1. The molecule has 0 saturated heterocycles. The van der Waals surface area contributed by atoms with E-state index >= 15 is 0 Å². The molecule has 6 nitrogen and oxygen atoms in total. The normalized spacial score (nSPS) is 11.8. The van der Waals surface area contributed by atoms with E-state index in [9.17, 15) is 18.0 Å².